The molecule has 1 aromatic heterocycles. The highest BCUT2D eigenvalue weighted by Gasteiger charge is 2.14. The zero-order chi connectivity index (χ0) is 11.7. The minimum absolute atomic E-state index is 0.146. The highest BCUT2D eigenvalue weighted by atomic mass is 35.5. The van der Waals surface area contributed by atoms with E-state index in [0.717, 1.165) is 16.7 Å². The molecule has 0 spiro atoms. The molecule has 4 heteroatoms. The Morgan fingerprint density at radius 3 is 2.38 bits per heavy atom. The van der Waals surface area contributed by atoms with Gasteiger partial charge in [0.1, 0.15) is 12.0 Å². The molecule has 2 rings (SSSR count). The smallest absolute Gasteiger partial charge is 0.186 e. The van der Waals surface area contributed by atoms with Crippen molar-refractivity contribution in [3.05, 3.63) is 46.6 Å². The average Bonchev–Trinajstić information content (AvgIpc) is 2.24. The molecule has 0 fully saturated rings. The van der Waals surface area contributed by atoms with E-state index < -0.39 is 5.82 Å². The molecule has 82 valence electrons. The van der Waals surface area contributed by atoms with Crippen LogP contribution in [0.3, 0.4) is 0 Å². The first kappa shape index (κ1) is 11.0. The van der Waals surface area contributed by atoms with Crippen molar-refractivity contribution in [2.45, 2.75) is 13.8 Å². The van der Waals surface area contributed by atoms with Crippen molar-refractivity contribution >= 4 is 11.6 Å². The van der Waals surface area contributed by atoms with Gasteiger partial charge in [0.2, 0.25) is 0 Å². The third kappa shape index (κ3) is 1.78. The van der Waals surface area contributed by atoms with Gasteiger partial charge in [-0.05, 0) is 25.0 Å². The maximum Gasteiger partial charge on any atom is 0.186 e. The van der Waals surface area contributed by atoms with E-state index in [1.165, 1.54) is 6.33 Å². The molecule has 0 atom stereocenters. The van der Waals surface area contributed by atoms with Gasteiger partial charge in [-0.1, -0.05) is 29.8 Å². The molecule has 1 aromatic carbocycles. The zero-order valence-electron chi connectivity index (χ0n) is 8.96. The lowest BCUT2D eigenvalue weighted by molar-refractivity contribution is 0.618. The Hall–Kier alpha value is -1.48. The van der Waals surface area contributed by atoms with Crippen LogP contribution in [0.15, 0.2) is 24.5 Å². The Bertz CT molecular complexity index is 520. The van der Waals surface area contributed by atoms with E-state index in [2.05, 4.69) is 9.97 Å². The summed E-state index contributed by atoms with van der Waals surface area (Å²) in [6, 6.07) is 5.75. The second-order valence-corrected chi connectivity index (χ2v) is 3.95. The number of nitrogens with zero attached hydrogens (tertiary/aromatic N) is 2. The van der Waals surface area contributed by atoms with Gasteiger partial charge >= 0.3 is 0 Å². The molecule has 16 heavy (non-hydrogen) atoms. The predicted octanol–water partition coefficient (Wildman–Crippen LogP) is 3.55. The fourth-order valence-corrected chi connectivity index (χ4v) is 1.84. The molecule has 0 unspecified atom stereocenters. The number of hydrogen-bond donors (Lipinski definition) is 0. The number of aromatic nitrogens is 2. The van der Waals surface area contributed by atoms with E-state index in [1.807, 2.05) is 32.0 Å². The van der Waals surface area contributed by atoms with Crippen LogP contribution in [0.4, 0.5) is 4.39 Å². The van der Waals surface area contributed by atoms with Gasteiger partial charge < -0.3 is 0 Å². The molecule has 0 aliphatic heterocycles. The summed E-state index contributed by atoms with van der Waals surface area (Å²) < 4.78 is 13.8. The minimum atomic E-state index is -0.568. The van der Waals surface area contributed by atoms with Crippen molar-refractivity contribution in [1.29, 1.82) is 0 Å². The quantitative estimate of drug-likeness (QED) is 0.708. The summed E-state index contributed by atoms with van der Waals surface area (Å²) in [5.41, 5.74) is 2.97. The largest absolute Gasteiger partial charge is 0.233 e. The van der Waals surface area contributed by atoms with Gasteiger partial charge in [0.05, 0.1) is 0 Å². The van der Waals surface area contributed by atoms with Crippen LogP contribution in [0.25, 0.3) is 11.3 Å². The minimum Gasteiger partial charge on any atom is -0.233 e. The van der Waals surface area contributed by atoms with Gasteiger partial charge in [-0.15, -0.1) is 0 Å². The first-order valence-corrected chi connectivity index (χ1v) is 5.21. The lowest BCUT2D eigenvalue weighted by atomic mass is 10.00. The summed E-state index contributed by atoms with van der Waals surface area (Å²) in [5, 5.41) is -0.146. The number of hydrogen-bond acceptors (Lipinski definition) is 2. The van der Waals surface area contributed by atoms with Crippen LogP contribution < -0.4 is 0 Å². The summed E-state index contributed by atoms with van der Waals surface area (Å²) in [7, 11) is 0. The Morgan fingerprint density at radius 1 is 1.12 bits per heavy atom. The first-order chi connectivity index (χ1) is 7.61. The van der Waals surface area contributed by atoms with E-state index in [9.17, 15) is 4.39 Å². The van der Waals surface area contributed by atoms with Crippen molar-refractivity contribution in [2.75, 3.05) is 0 Å². The summed E-state index contributed by atoms with van der Waals surface area (Å²) in [6.45, 7) is 3.83. The van der Waals surface area contributed by atoms with Crippen LogP contribution in [0, 0.1) is 19.7 Å². The summed E-state index contributed by atoms with van der Waals surface area (Å²) in [4.78, 5) is 7.56. The molecular formula is C12H10ClFN2. The van der Waals surface area contributed by atoms with E-state index >= 15 is 0 Å². The van der Waals surface area contributed by atoms with Gasteiger partial charge in [-0.3, -0.25) is 0 Å². The van der Waals surface area contributed by atoms with Gasteiger partial charge in [0.25, 0.3) is 0 Å². The summed E-state index contributed by atoms with van der Waals surface area (Å²) in [5.74, 6) is -0.568. The summed E-state index contributed by atoms with van der Waals surface area (Å²) >= 11 is 5.64. The van der Waals surface area contributed by atoms with E-state index in [0.29, 0.717) is 0 Å². The molecule has 2 aromatic rings. The van der Waals surface area contributed by atoms with Crippen LogP contribution in [-0.4, -0.2) is 9.97 Å². The van der Waals surface area contributed by atoms with Crippen LogP contribution in [0.2, 0.25) is 5.15 Å². The van der Waals surface area contributed by atoms with Gasteiger partial charge in [-0.25, -0.2) is 14.4 Å². The van der Waals surface area contributed by atoms with Gasteiger partial charge in [-0.2, -0.15) is 0 Å². The molecule has 0 bridgehead atoms. The van der Waals surface area contributed by atoms with Crippen LogP contribution >= 0.6 is 11.6 Å². The van der Waals surface area contributed by atoms with E-state index in [4.69, 9.17) is 11.6 Å². The molecule has 0 saturated carbocycles. The zero-order valence-corrected chi connectivity index (χ0v) is 9.72. The molecule has 0 N–H and O–H groups in total. The van der Waals surface area contributed by atoms with Crippen LogP contribution in [-0.2, 0) is 0 Å². The van der Waals surface area contributed by atoms with Crippen molar-refractivity contribution in [3.8, 4) is 11.3 Å². The number of rotatable bonds is 1. The molecule has 0 saturated heterocycles. The predicted molar refractivity (Wildman–Crippen MR) is 61.9 cm³/mol. The monoisotopic (exact) mass is 236 g/mol. The fraction of sp³-hybridized carbons (Fsp3) is 0.167. The average molecular weight is 237 g/mol. The second-order valence-electron chi connectivity index (χ2n) is 3.59. The molecule has 0 aliphatic rings. The SMILES string of the molecule is Cc1cccc(C)c1-c1ncnc(Cl)c1F. The third-order valence-corrected chi connectivity index (χ3v) is 2.73. The summed E-state index contributed by atoms with van der Waals surface area (Å²) in [6.07, 6.45) is 1.27. The molecule has 0 radical (unpaired) electrons. The third-order valence-electron chi connectivity index (χ3n) is 2.46. The molecule has 0 amide bonds. The van der Waals surface area contributed by atoms with Crippen molar-refractivity contribution in [1.82, 2.24) is 9.97 Å². The fourth-order valence-electron chi connectivity index (χ4n) is 1.71. The molecule has 0 aliphatic carbocycles. The van der Waals surface area contributed by atoms with Crippen LogP contribution in [0.1, 0.15) is 11.1 Å². The van der Waals surface area contributed by atoms with Crippen molar-refractivity contribution in [2.24, 2.45) is 0 Å². The lowest BCUT2D eigenvalue weighted by Crippen LogP contribution is -1.96. The molecule has 1 heterocycles. The highest BCUT2D eigenvalue weighted by molar-refractivity contribution is 6.29. The lowest BCUT2D eigenvalue weighted by Gasteiger charge is -2.09. The number of benzene rings is 1. The Labute approximate surface area is 98.1 Å². The molecular weight excluding hydrogens is 227 g/mol. The van der Waals surface area contributed by atoms with Crippen molar-refractivity contribution < 1.29 is 4.39 Å². The molecule has 2 nitrogen and oxygen atoms in total. The number of aryl methyl sites for hydroxylation is 2. The Morgan fingerprint density at radius 2 is 1.75 bits per heavy atom. The van der Waals surface area contributed by atoms with Crippen LogP contribution in [0.5, 0.6) is 0 Å². The van der Waals surface area contributed by atoms with Gasteiger partial charge in [0, 0.05) is 5.56 Å². The maximum absolute atomic E-state index is 13.8. The van der Waals surface area contributed by atoms with Gasteiger partial charge in [0.15, 0.2) is 11.0 Å². The Kier molecular flexibility index (Phi) is 2.88. The normalized spacial score (nSPS) is 10.5. The Balaban J connectivity index is 2.73. The second kappa shape index (κ2) is 4.18. The van der Waals surface area contributed by atoms with E-state index in [-0.39, 0.29) is 10.8 Å². The maximum atomic E-state index is 13.8. The first-order valence-electron chi connectivity index (χ1n) is 4.84. The number of halogens is 2. The standard InChI is InChI=1S/C12H10ClFN2/c1-7-4-3-5-8(2)9(7)11-10(14)12(13)16-6-15-11/h3-6H,1-2H3. The van der Waals surface area contributed by atoms with E-state index in [1.54, 1.807) is 0 Å². The van der Waals surface area contributed by atoms with Crippen molar-refractivity contribution in [3.63, 3.8) is 0 Å². The topological polar surface area (TPSA) is 25.8 Å². The highest BCUT2D eigenvalue weighted by Crippen LogP contribution is 2.29.